The molecule has 7 aliphatic rings. The van der Waals surface area contributed by atoms with Crippen molar-refractivity contribution in [1.29, 1.82) is 0 Å². The third-order valence-corrected chi connectivity index (χ3v) is 15.6. The van der Waals surface area contributed by atoms with Crippen molar-refractivity contribution < 1.29 is 0 Å². The normalized spacial score (nSPS) is 24.1. The second kappa shape index (κ2) is 11.1. The van der Waals surface area contributed by atoms with Crippen LogP contribution in [0.3, 0.4) is 0 Å². The van der Waals surface area contributed by atoms with Crippen LogP contribution in [0, 0.1) is 23.7 Å². The van der Waals surface area contributed by atoms with E-state index in [4.69, 9.17) is 0 Å². The van der Waals surface area contributed by atoms with E-state index in [0.717, 1.165) is 23.7 Å². The van der Waals surface area contributed by atoms with Gasteiger partial charge in [-0.05, 0) is 158 Å². The SMILES string of the molecule is c1cc(-c2ccc3c(ccc4ccccc43)c2)cc(N2c3ccccc3B3c4cccc5c4N(c4ccccc4C54C5CC6CC(C5)CC4C6)c4cccc2c43)c1. The summed E-state index contributed by atoms with van der Waals surface area (Å²) in [5.74, 6) is 3.28. The molecule has 57 heavy (non-hydrogen) atoms. The minimum Gasteiger partial charge on any atom is -0.311 e. The number of hydrogen-bond donors (Lipinski definition) is 0. The van der Waals surface area contributed by atoms with Gasteiger partial charge in [0.2, 0.25) is 0 Å². The molecule has 3 aliphatic heterocycles. The van der Waals surface area contributed by atoms with Gasteiger partial charge in [0.25, 0.3) is 6.71 Å². The molecule has 0 atom stereocenters. The van der Waals surface area contributed by atoms with E-state index < -0.39 is 0 Å². The van der Waals surface area contributed by atoms with Gasteiger partial charge in [0, 0.05) is 33.9 Å². The van der Waals surface area contributed by atoms with Crippen molar-refractivity contribution >= 4 is 78.8 Å². The van der Waals surface area contributed by atoms with Crippen molar-refractivity contribution in [3.63, 3.8) is 0 Å². The van der Waals surface area contributed by atoms with Crippen LogP contribution in [0.2, 0.25) is 0 Å². The highest BCUT2D eigenvalue weighted by Gasteiger charge is 2.62. The topological polar surface area (TPSA) is 6.48 Å². The van der Waals surface area contributed by atoms with Gasteiger partial charge in [-0.1, -0.05) is 121 Å². The molecule has 0 N–H and O–H groups in total. The number of anilines is 6. The molecule has 4 fully saturated rings. The second-order valence-electron chi connectivity index (χ2n) is 18.1. The van der Waals surface area contributed by atoms with Crippen molar-refractivity contribution in [3.05, 3.63) is 175 Å². The smallest absolute Gasteiger partial charge is 0.252 e. The molecule has 3 heteroatoms. The number of nitrogens with zero attached hydrogens (tertiary/aromatic N) is 2. The van der Waals surface area contributed by atoms with E-state index in [1.165, 1.54) is 115 Å². The molecule has 1 spiro atoms. The Hall–Kier alpha value is -6.06. The van der Waals surface area contributed by atoms with Crippen LogP contribution >= 0.6 is 0 Å². The summed E-state index contributed by atoms with van der Waals surface area (Å²) in [6.07, 6.45) is 7.03. The predicted octanol–water partition coefficient (Wildman–Crippen LogP) is 11.8. The van der Waals surface area contributed by atoms with Crippen molar-refractivity contribution in [2.45, 2.75) is 37.5 Å². The summed E-state index contributed by atoms with van der Waals surface area (Å²) >= 11 is 0. The maximum Gasteiger partial charge on any atom is 0.252 e. The Labute approximate surface area is 334 Å². The molecule has 0 aromatic heterocycles. The summed E-state index contributed by atoms with van der Waals surface area (Å²) in [6.45, 7) is 0.160. The fourth-order valence-corrected chi connectivity index (χ4v) is 13.8. The monoisotopic (exact) mass is 728 g/mol. The molecule has 4 aliphatic carbocycles. The summed E-state index contributed by atoms with van der Waals surface area (Å²) < 4.78 is 0. The van der Waals surface area contributed by atoms with E-state index in [-0.39, 0.29) is 12.1 Å². The average Bonchev–Trinajstić information content (AvgIpc) is 3.26. The summed E-state index contributed by atoms with van der Waals surface area (Å²) in [7, 11) is 0. The third kappa shape index (κ3) is 3.93. The molecule has 0 amide bonds. The van der Waals surface area contributed by atoms with Crippen molar-refractivity contribution in [1.82, 2.24) is 0 Å². The zero-order valence-electron chi connectivity index (χ0n) is 31.9. The molecular weight excluding hydrogens is 687 g/mol. The van der Waals surface area contributed by atoms with Gasteiger partial charge in [-0.25, -0.2) is 0 Å². The molecule has 4 bridgehead atoms. The van der Waals surface area contributed by atoms with Gasteiger partial charge in [-0.3, -0.25) is 0 Å². The maximum atomic E-state index is 2.70. The number of hydrogen-bond acceptors (Lipinski definition) is 2. The Kier molecular flexibility index (Phi) is 6.04. The van der Waals surface area contributed by atoms with E-state index in [2.05, 4.69) is 174 Å². The highest BCUT2D eigenvalue weighted by atomic mass is 15.2. The quantitative estimate of drug-likeness (QED) is 0.129. The van der Waals surface area contributed by atoms with Gasteiger partial charge in [0.15, 0.2) is 0 Å². The molecule has 2 nitrogen and oxygen atoms in total. The Balaban J connectivity index is 0.968. The summed E-state index contributed by atoms with van der Waals surface area (Å²) in [4.78, 5) is 5.25. The lowest BCUT2D eigenvalue weighted by Gasteiger charge is -2.64. The van der Waals surface area contributed by atoms with Crippen LogP contribution in [0.25, 0.3) is 32.7 Å². The van der Waals surface area contributed by atoms with Crippen molar-refractivity contribution in [2.75, 3.05) is 9.80 Å². The van der Waals surface area contributed by atoms with Gasteiger partial charge in [0.05, 0.1) is 5.69 Å². The Morgan fingerprint density at radius 2 is 1.07 bits per heavy atom. The number of rotatable bonds is 2. The molecule has 8 aromatic rings. The Bertz CT molecular complexity index is 3010. The van der Waals surface area contributed by atoms with Crippen LogP contribution in [0.4, 0.5) is 34.1 Å². The van der Waals surface area contributed by atoms with Crippen LogP contribution < -0.4 is 26.2 Å². The molecule has 0 radical (unpaired) electrons. The molecule has 270 valence electrons. The third-order valence-electron chi connectivity index (χ3n) is 15.6. The van der Waals surface area contributed by atoms with Crippen LogP contribution in [0.1, 0.15) is 43.2 Å². The van der Waals surface area contributed by atoms with Crippen LogP contribution in [-0.2, 0) is 5.41 Å². The van der Waals surface area contributed by atoms with Crippen LogP contribution in [-0.4, -0.2) is 6.71 Å². The van der Waals surface area contributed by atoms with Crippen molar-refractivity contribution in [3.8, 4) is 11.1 Å². The molecule has 3 heterocycles. The first kappa shape index (κ1) is 31.1. The number of benzene rings is 8. The molecule has 4 saturated carbocycles. The summed E-state index contributed by atoms with van der Waals surface area (Å²) in [5, 5.41) is 5.17. The predicted molar refractivity (Wildman–Crippen MR) is 239 cm³/mol. The molecule has 0 saturated heterocycles. The highest BCUT2D eigenvalue weighted by Crippen LogP contribution is 2.69. The lowest BCUT2D eigenvalue weighted by molar-refractivity contribution is -0.0419. The fourth-order valence-electron chi connectivity index (χ4n) is 13.8. The minimum atomic E-state index is 0.0947. The lowest BCUT2D eigenvalue weighted by atomic mass is 9.32. The average molecular weight is 729 g/mol. The van der Waals surface area contributed by atoms with Gasteiger partial charge in [-0.15, -0.1) is 0 Å². The first-order valence-corrected chi connectivity index (χ1v) is 21.3. The molecule has 15 rings (SSSR count). The second-order valence-corrected chi connectivity index (χ2v) is 18.1. The van der Waals surface area contributed by atoms with Gasteiger partial charge >= 0.3 is 0 Å². The van der Waals surface area contributed by atoms with Gasteiger partial charge < -0.3 is 9.80 Å². The number of para-hydroxylation sites is 3. The van der Waals surface area contributed by atoms with E-state index in [1.54, 1.807) is 11.1 Å². The summed E-state index contributed by atoms with van der Waals surface area (Å²) in [6, 6.07) is 62.8. The zero-order valence-corrected chi connectivity index (χ0v) is 31.9. The standard InChI is InChI=1S/C54H41BN2/c1-2-13-42-35(10-1)22-23-38-31-37(24-25-43(38)42)36-11-7-12-41(32-36)56-49-19-6-4-16-46(49)55-47-17-8-15-45-53(47)57(51-21-9-20-50(56)52(51)55)48-18-5-3-14-44(48)54(45)39-27-33-26-34(29-39)30-40(54)28-33/h1-25,31-34,39-40H,26-30H2. The summed E-state index contributed by atoms with van der Waals surface area (Å²) in [5.41, 5.74) is 18.0. The molecular formula is C54H41BN2. The lowest BCUT2D eigenvalue weighted by Crippen LogP contribution is -2.64. The fraction of sp³-hybridized carbons (Fsp3) is 0.185. The van der Waals surface area contributed by atoms with Crippen molar-refractivity contribution in [2.24, 2.45) is 23.7 Å². The largest absolute Gasteiger partial charge is 0.311 e. The molecule has 8 aromatic carbocycles. The van der Waals surface area contributed by atoms with Gasteiger partial charge in [0.1, 0.15) is 0 Å². The highest BCUT2D eigenvalue weighted by molar-refractivity contribution is 7.00. The van der Waals surface area contributed by atoms with Crippen LogP contribution in [0.5, 0.6) is 0 Å². The molecule has 0 unspecified atom stereocenters. The van der Waals surface area contributed by atoms with E-state index in [9.17, 15) is 0 Å². The Morgan fingerprint density at radius 3 is 1.95 bits per heavy atom. The van der Waals surface area contributed by atoms with E-state index in [1.807, 2.05) is 0 Å². The maximum absolute atomic E-state index is 2.70. The van der Waals surface area contributed by atoms with E-state index >= 15 is 0 Å². The zero-order chi connectivity index (χ0) is 37.0. The Morgan fingerprint density at radius 1 is 0.439 bits per heavy atom. The minimum absolute atomic E-state index is 0.0947. The van der Waals surface area contributed by atoms with Gasteiger partial charge in [-0.2, -0.15) is 0 Å². The van der Waals surface area contributed by atoms with E-state index in [0.29, 0.717) is 0 Å². The van der Waals surface area contributed by atoms with Crippen LogP contribution in [0.15, 0.2) is 164 Å². The first-order valence-electron chi connectivity index (χ1n) is 21.3. The number of fused-ring (bicyclic) bond motifs is 9. The first-order chi connectivity index (χ1) is 28.2.